The monoisotopic (exact) mass is 153 g/mol. The lowest BCUT2D eigenvalue weighted by molar-refractivity contribution is 0.147. The van der Waals surface area contributed by atoms with Crippen molar-refractivity contribution < 1.29 is 0 Å². The number of piperidine rings is 1. The Hall–Kier alpha value is -0.0400. The standard InChI is InChI=1S/C10H19N/c1-9(2,3)11-6-8-5-10(8,4)7-11/h8H,5-7H2,1-4H3/t8-,10?/m1/s1. The van der Waals surface area contributed by atoms with Gasteiger partial charge in [-0.15, -0.1) is 0 Å². The maximum atomic E-state index is 2.63. The molecule has 1 heterocycles. The topological polar surface area (TPSA) is 3.24 Å². The maximum Gasteiger partial charge on any atom is 0.0125 e. The van der Waals surface area contributed by atoms with Gasteiger partial charge in [0.15, 0.2) is 0 Å². The minimum Gasteiger partial charge on any atom is -0.298 e. The summed E-state index contributed by atoms with van der Waals surface area (Å²) in [5.41, 5.74) is 1.11. The molecule has 0 N–H and O–H groups in total. The average molecular weight is 153 g/mol. The van der Waals surface area contributed by atoms with Crippen molar-refractivity contribution >= 4 is 0 Å². The fourth-order valence-electron chi connectivity index (χ4n) is 2.26. The lowest BCUT2D eigenvalue weighted by Gasteiger charge is -2.33. The fourth-order valence-corrected chi connectivity index (χ4v) is 2.26. The van der Waals surface area contributed by atoms with Gasteiger partial charge in [0.25, 0.3) is 0 Å². The molecule has 2 atom stereocenters. The summed E-state index contributed by atoms with van der Waals surface area (Å²) in [7, 11) is 0. The van der Waals surface area contributed by atoms with E-state index in [0.717, 1.165) is 5.92 Å². The summed E-state index contributed by atoms with van der Waals surface area (Å²) in [5.74, 6) is 1.03. The van der Waals surface area contributed by atoms with E-state index in [1.165, 1.54) is 19.5 Å². The van der Waals surface area contributed by atoms with E-state index in [-0.39, 0.29) is 0 Å². The van der Waals surface area contributed by atoms with Gasteiger partial charge in [-0.2, -0.15) is 0 Å². The first kappa shape index (κ1) is 7.60. The first-order valence-electron chi connectivity index (χ1n) is 4.67. The minimum atomic E-state index is 0.399. The zero-order chi connectivity index (χ0) is 8.28. The molecular weight excluding hydrogens is 134 g/mol. The molecule has 64 valence electrons. The normalized spacial score (nSPS) is 44.2. The van der Waals surface area contributed by atoms with Crippen LogP contribution in [0.1, 0.15) is 34.1 Å². The van der Waals surface area contributed by atoms with Crippen LogP contribution >= 0.6 is 0 Å². The molecule has 0 aromatic carbocycles. The smallest absolute Gasteiger partial charge is 0.0125 e. The van der Waals surface area contributed by atoms with E-state index in [9.17, 15) is 0 Å². The number of rotatable bonds is 0. The Morgan fingerprint density at radius 1 is 1.36 bits per heavy atom. The number of nitrogens with zero attached hydrogens (tertiary/aromatic N) is 1. The molecule has 0 bridgehead atoms. The highest BCUT2D eigenvalue weighted by atomic mass is 15.2. The largest absolute Gasteiger partial charge is 0.298 e. The number of likely N-dealkylation sites (tertiary alicyclic amines) is 1. The highest BCUT2D eigenvalue weighted by molar-refractivity contribution is 5.09. The molecule has 0 radical (unpaired) electrons. The van der Waals surface area contributed by atoms with Gasteiger partial charge in [0, 0.05) is 18.6 Å². The Labute approximate surface area is 69.8 Å². The predicted molar refractivity (Wildman–Crippen MR) is 47.5 cm³/mol. The lowest BCUT2D eigenvalue weighted by atomic mass is 10.1. The molecule has 11 heavy (non-hydrogen) atoms. The van der Waals surface area contributed by atoms with Crippen molar-refractivity contribution in [3.05, 3.63) is 0 Å². The van der Waals surface area contributed by atoms with Crippen LogP contribution in [-0.4, -0.2) is 23.5 Å². The van der Waals surface area contributed by atoms with Crippen LogP contribution in [0.4, 0.5) is 0 Å². The van der Waals surface area contributed by atoms with Crippen molar-refractivity contribution in [2.24, 2.45) is 11.3 Å². The van der Waals surface area contributed by atoms with Gasteiger partial charge in [0.1, 0.15) is 0 Å². The molecule has 1 heteroatoms. The Kier molecular flexibility index (Phi) is 1.26. The van der Waals surface area contributed by atoms with Gasteiger partial charge in [-0.05, 0) is 38.5 Å². The van der Waals surface area contributed by atoms with Gasteiger partial charge in [-0.25, -0.2) is 0 Å². The lowest BCUT2D eigenvalue weighted by Crippen LogP contribution is -2.41. The predicted octanol–water partition coefficient (Wildman–Crippen LogP) is 2.13. The molecular formula is C10H19N. The van der Waals surface area contributed by atoms with E-state index >= 15 is 0 Å². The van der Waals surface area contributed by atoms with E-state index < -0.39 is 0 Å². The molecule has 2 fully saturated rings. The van der Waals surface area contributed by atoms with Crippen LogP contribution < -0.4 is 0 Å². The molecule has 2 aliphatic rings. The summed E-state index contributed by atoms with van der Waals surface area (Å²) < 4.78 is 0. The fraction of sp³-hybridized carbons (Fsp3) is 1.00. The minimum absolute atomic E-state index is 0.399. The van der Waals surface area contributed by atoms with Gasteiger partial charge in [-0.3, -0.25) is 4.90 Å². The van der Waals surface area contributed by atoms with Gasteiger partial charge in [0.05, 0.1) is 0 Å². The van der Waals surface area contributed by atoms with E-state index in [1.54, 1.807) is 0 Å². The first-order chi connectivity index (χ1) is 4.92. The van der Waals surface area contributed by atoms with Crippen LogP contribution in [0.15, 0.2) is 0 Å². The number of fused-ring (bicyclic) bond motifs is 1. The Balaban J connectivity index is 2.03. The molecule has 0 spiro atoms. The second kappa shape index (κ2) is 1.82. The van der Waals surface area contributed by atoms with Crippen molar-refractivity contribution in [3.63, 3.8) is 0 Å². The van der Waals surface area contributed by atoms with Crippen molar-refractivity contribution in [1.82, 2.24) is 4.90 Å². The van der Waals surface area contributed by atoms with Crippen LogP contribution in [0.2, 0.25) is 0 Å². The summed E-state index contributed by atoms with van der Waals surface area (Å²) in [4.78, 5) is 2.63. The van der Waals surface area contributed by atoms with Crippen LogP contribution in [-0.2, 0) is 0 Å². The Bertz CT molecular complexity index is 180. The zero-order valence-corrected chi connectivity index (χ0v) is 8.15. The van der Waals surface area contributed by atoms with E-state index in [1.807, 2.05) is 0 Å². The summed E-state index contributed by atoms with van der Waals surface area (Å²) in [6, 6.07) is 0. The molecule has 0 amide bonds. The van der Waals surface area contributed by atoms with Crippen molar-refractivity contribution in [3.8, 4) is 0 Å². The maximum absolute atomic E-state index is 2.63. The van der Waals surface area contributed by atoms with E-state index in [2.05, 4.69) is 32.6 Å². The molecule has 2 rings (SSSR count). The Morgan fingerprint density at radius 2 is 2.00 bits per heavy atom. The van der Waals surface area contributed by atoms with Crippen LogP contribution in [0.3, 0.4) is 0 Å². The van der Waals surface area contributed by atoms with Crippen molar-refractivity contribution in [1.29, 1.82) is 0 Å². The average Bonchev–Trinajstić information content (AvgIpc) is 2.30. The van der Waals surface area contributed by atoms with Crippen LogP contribution in [0, 0.1) is 11.3 Å². The zero-order valence-electron chi connectivity index (χ0n) is 8.15. The molecule has 1 aliphatic carbocycles. The van der Waals surface area contributed by atoms with Crippen molar-refractivity contribution in [2.45, 2.75) is 39.7 Å². The quantitative estimate of drug-likeness (QED) is 0.515. The second-order valence-electron chi connectivity index (χ2n) is 5.61. The third kappa shape index (κ3) is 1.10. The van der Waals surface area contributed by atoms with E-state index in [0.29, 0.717) is 11.0 Å². The summed E-state index contributed by atoms with van der Waals surface area (Å²) in [6.45, 7) is 12.1. The first-order valence-corrected chi connectivity index (χ1v) is 4.67. The highest BCUT2D eigenvalue weighted by Gasteiger charge is 2.57. The summed E-state index contributed by atoms with van der Waals surface area (Å²) in [5, 5.41) is 0. The van der Waals surface area contributed by atoms with Gasteiger partial charge >= 0.3 is 0 Å². The SMILES string of the molecule is CC12C[C@@H]1CN(C(C)(C)C)C2. The molecule has 0 aromatic rings. The molecule has 1 saturated carbocycles. The summed E-state index contributed by atoms with van der Waals surface area (Å²) in [6.07, 6.45) is 1.49. The van der Waals surface area contributed by atoms with Gasteiger partial charge in [0.2, 0.25) is 0 Å². The van der Waals surface area contributed by atoms with Crippen LogP contribution in [0.5, 0.6) is 0 Å². The Morgan fingerprint density at radius 3 is 2.27 bits per heavy atom. The molecule has 1 unspecified atom stereocenters. The third-order valence-electron chi connectivity index (χ3n) is 3.48. The van der Waals surface area contributed by atoms with Crippen LogP contribution in [0.25, 0.3) is 0 Å². The van der Waals surface area contributed by atoms with Gasteiger partial charge < -0.3 is 0 Å². The highest BCUT2D eigenvalue weighted by Crippen LogP contribution is 2.58. The number of hydrogen-bond acceptors (Lipinski definition) is 1. The number of hydrogen-bond donors (Lipinski definition) is 0. The van der Waals surface area contributed by atoms with E-state index in [4.69, 9.17) is 0 Å². The van der Waals surface area contributed by atoms with Crippen molar-refractivity contribution in [2.75, 3.05) is 13.1 Å². The molecule has 1 aliphatic heterocycles. The second-order valence-corrected chi connectivity index (χ2v) is 5.61. The third-order valence-corrected chi connectivity index (χ3v) is 3.48. The molecule has 1 nitrogen and oxygen atoms in total. The summed E-state index contributed by atoms with van der Waals surface area (Å²) >= 11 is 0. The van der Waals surface area contributed by atoms with Gasteiger partial charge in [-0.1, -0.05) is 6.92 Å². The molecule has 1 saturated heterocycles. The molecule has 0 aromatic heterocycles.